The molecule has 1 unspecified atom stereocenters. The van der Waals surface area contributed by atoms with Gasteiger partial charge >= 0.3 is 7.60 Å². The highest BCUT2D eigenvalue weighted by molar-refractivity contribution is 7.51. The second-order valence-corrected chi connectivity index (χ2v) is 9.55. The van der Waals surface area contributed by atoms with Crippen LogP contribution in [0.3, 0.4) is 0 Å². The monoisotopic (exact) mass is 423 g/mol. The number of benzene rings is 1. The largest absolute Gasteiger partial charge is 0.453 e. The van der Waals surface area contributed by atoms with Gasteiger partial charge in [0.25, 0.3) is 0 Å². The Kier molecular flexibility index (Phi) is 8.37. The average Bonchev–Trinajstić information content (AvgIpc) is 3.07. The Labute approximate surface area is 171 Å². The van der Waals surface area contributed by atoms with Gasteiger partial charge in [-0.1, -0.05) is 29.7 Å². The Morgan fingerprint density at radius 3 is 2.54 bits per heavy atom. The zero-order valence-corrected chi connectivity index (χ0v) is 17.7. The minimum absolute atomic E-state index is 0.203. The molecule has 0 aliphatic carbocycles. The van der Waals surface area contributed by atoms with Crippen LogP contribution in [0, 0.1) is 11.8 Å². The van der Waals surface area contributed by atoms with E-state index >= 15 is 0 Å². The highest BCUT2D eigenvalue weighted by atomic mass is 35.5. The van der Waals surface area contributed by atoms with Gasteiger partial charge in [-0.15, -0.1) is 0 Å². The third-order valence-corrected chi connectivity index (χ3v) is 5.53. The van der Waals surface area contributed by atoms with E-state index in [1.165, 1.54) is 5.56 Å². The zero-order valence-electron chi connectivity index (χ0n) is 16.0. The number of furan rings is 1. The van der Waals surface area contributed by atoms with E-state index in [0.29, 0.717) is 18.6 Å². The number of unbranched alkanes of at least 4 members (excludes halogenated alkanes) is 1. The highest BCUT2D eigenvalue weighted by Crippen LogP contribution is 2.37. The van der Waals surface area contributed by atoms with Crippen LogP contribution in [0.4, 0.5) is 0 Å². The first-order valence-corrected chi connectivity index (χ1v) is 11.5. The lowest BCUT2D eigenvalue weighted by molar-refractivity contribution is 0.350. The van der Waals surface area contributed by atoms with Gasteiger partial charge in [0.15, 0.2) is 5.76 Å². The van der Waals surface area contributed by atoms with Gasteiger partial charge in [0.2, 0.25) is 0 Å². The van der Waals surface area contributed by atoms with Gasteiger partial charge in [0.1, 0.15) is 5.76 Å². The van der Waals surface area contributed by atoms with Crippen LogP contribution in [0.2, 0.25) is 5.02 Å². The summed E-state index contributed by atoms with van der Waals surface area (Å²) in [5.74, 6) is 7.55. The molecule has 5 nitrogen and oxygen atoms in total. The predicted octanol–water partition coefficient (Wildman–Crippen LogP) is 4.53. The molecule has 28 heavy (non-hydrogen) atoms. The van der Waals surface area contributed by atoms with Crippen molar-refractivity contribution in [3.05, 3.63) is 58.5 Å². The molecule has 0 fully saturated rings. The van der Waals surface area contributed by atoms with E-state index in [0.717, 1.165) is 30.0 Å². The van der Waals surface area contributed by atoms with E-state index in [1.54, 1.807) is 6.92 Å². The summed E-state index contributed by atoms with van der Waals surface area (Å²) in [5, 5.41) is 0.744. The maximum absolute atomic E-state index is 11.0. The topological polar surface area (TPSA) is 96.7 Å². The lowest BCUT2D eigenvalue weighted by Gasteiger charge is -2.24. The fourth-order valence-electron chi connectivity index (χ4n) is 2.70. The molecule has 0 bridgehead atoms. The summed E-state index contributed by atoms with van der Waals surface area (Å²) in [6, 6.07) is 11.6. The molecule has 1 heterocycles. The molecule has 0 aliphatic rings. The van der Waals surface area contributed by atoms with Crippen molar-refractivity contribution in [2.24, 2.45) is 5.73 Å². The first kappa shape index (κ1) is 22.7. The Bertz CT molecular complexity index is 859. The van der Waals surface area contributed by atoms with E-state index < -0.39 is 13.1 Å². The quantitative estimate of drug-likeness (QED) is 0.313. The molecule has 1 atom stereocenters. The van der Waals surface area contributed by atoms with Crippen molar-refractivity contribution < 1.29 is 18.8 Å². The lowest BCUT2D eigenvalue weighted by atomic mass is 9.93. The summed E-state index contributed by atoms with van der Waals surface area (Å²) in [4.78, 5) is 18.0. The van der Waals surface area contributed by atoms with Gasteiger partial charge < -0.3 is 19.9 Å². The molecule has 0 saturated carbocycles. The highest BCUT2D eigenvalue weighted by Gasteiger charge is 2.24. The summed E-state index contributed by atoms with van der Waals surface area (Å²) in [7, 11) is -4.02. The van der Waals surface area contributed by atoms with Crippen LogP contribution in [-0.4, -0.2) is 21.5 Å². The molecular formula is C21H27ClNO4P. The molecular weight excluding hydrogens is 397 g/mol. The minimum atomic E-state index is -4.02. The second-order valence-electron chi connectivity index (χ2n) is 7.34. The molecule has 1 aromatic heterocycles. The van der Waals surface area contributed by atoms with E-state index in [4.69, 9.17) is 31.5 Å². The molecule has 1 aromatic carbocycles. The van der Waals surface area contributed by atoms with Crippen LogP contribution < -0.4 is 5.73 Å². The Morgan fingerprint density at radius 1 is 1.14 bits per heavy atom. The Hall–Kier alpha value is -1.54. The summed E-state index contributed by atoms with van der Waals surface area (Å²) in [6.07, 6.45) is 3.94. The first-order valence-electron chi connectivity index (χ1n) is 9.28. The predicted molar refractivity (Wildman–Crippen MR) is 112 cm³/mol. The molecule has 7 heteroatoms. The zero-order chi connectivity index (χ0) is 20.6. The van der Waals surface area contributed by atoms with Gasteiger partial charge in [-0.05, 0) is 68.4 Å². The van der Waals surface area contributed by atoms with E-state index in [9.17, 15) is 4.57 Å². The minimum Gasteiger partial charge on any atom is -0.453 e. The van der Waals surface area contributed by atoms with Gasteiger partial charge in [-0.3, -0.25) is 4.57 Å². The van der Waals surface area contributed by atoms with Crippen molar-refractivity contribution in [1.82, 2.24) is 0 Å². The Morgan fingerprint density at radius 2 is 1.86 bits per heavy atom. The maximum Gasteiger partial charge on any atom is 0.325 e. The molecule has 4 N–H and O–H groups in total. The lowest BCUT2D eigenvalue weighted by Crippen LogP contribution is -2.37. The maximum atomic E-state index is 11.0. The van der Waals surface area contributed by atoms with Crippen LogP contribution in [0.15, 0.2) is 40.8 Å². The number of halogens is 1. The number of rotatable bonds is 9. The van der Waals surface area contributed by atoms with Crippen molar-refractivity contribution in [2.45, 2.75) is 51.0 Å². The van der Waals surface area contributed by atoms with Crippen molar-refractivity contribution >= 4 is 19.2 Å². The van der Waals surface area contributed by atoms with E-state index in [2.05, 4.69) is 11.8 Å². The van der Waals surface area contributed by atoms with Crippen molar-refractivity contribution in [2.75, 3.05) is 6.16 Å². The van der Waals surface area contributed by atoms with Crippen LogP contribution >= 0.6 is 19.2 Å². The van der Waals surface area contributed by atoms with Crippen molar-refractivity contribution in [1.29, 1.82) is 0 Å². The van der Waals surface area contributed by atoms with Gasteiger partial charge in [-0.25, -0.2) is 0 Å². The standard InChI is InChI=1S/C21H27ClNO4P/c1-21(23,15-16-28(24,25)26)14-13-20-12-11-19(27-20)6-4-2-3-5-17-7-9-18(22)10-8-17/h7-12H,2-3,5,13-16,23H2,1H3,(H2,24,25,26). The van der Waals surface area contributed by atoms with Gasteiger partial charge in [-0.2, -0.15) is 0 Å². The average molecular weight is 424 g/mol. The summed E-state index contributed by atoms with van der Waals surface area (Å²) >= 11 is 5.88. The van der Waals surface area contributed by atoms with Crippen LogP contribution in [0.5, 0.6) is 0 Å². The van der Waals surface area contributed by atoms with E-state index in [-0.39, 0.29) is 12.6 Å². The number of nitrogens with two attached hydrogens (primary N) is 1. The molecule has 0 radical (unpaired) electrons. The smallest absolute Gasteiger partial charge is 0.325 e. The van der Waals surface area contributed by atoms with Crippen molar-refractivity contribution in [3.63, 3.8) is 0 Å². The van der Waals surface area contributed by atoms with Crippen LogP contribution in [-0.2, 0) is 17.4 Å². The summed E-state index contributed by atoms with van der Waals surface area (Å²) < 4.78 is 16.7. The summed E-state index contributed by atoms with van der Waals surface area (Å²) in [6.45, 7) is 1.80. The normalized spacial score (nSPS) is 13.6. The third-order valence-electron chi connectivity index (χ3n) is 4.47. The van der Waals surface area contributed by atoms with Gasteiger partial charge in [0, 0.05) is 23.4 Å². The molecule has 0 amide bonds. The third kappa shape index (κ3) is 9.10. The fourth-order valence-corrected chi connectivity index (χ4v) is 3.62. The fraction of sp³-hybridized carbons (Fsp3) is 0.429. The van der Waals surface area contributed by atoms with Crippen LogP contribution in [0.1, 0.15) is 49.7 Å². The van der Waals surface area contributed by atoms with Crippen molar-refractivity contribution in [3.8, 4) is 11.8 Å². The molecule has 0 saturated heterocycles. The molecule has 152 valence electrons. The number of hydrogen-bond donors (Lipinski definition) is 3. The summed E-state index contributed by atoms with van der Waals surface area (Å²) in [5.41, 5.74) is 6.72. The SMILES string of the molecule is CC(N)(CCc1ccc(C#CCCCc2ccc(Cl)cc2)o1)CCP(=O)(O)O. The molecule has 2 rings (SSSR count). The molecule has 2 aromatic rings. The first-order chi connectivity index (χ1) is 13.1. The second kappa shape index (κ2) is 10.3. The molecule has 0 spiro atoms. The van der Waals surface area contributed by atoms with Crippen LogP contribution in [0.25, 0.3) is 0 Å². The van der Waals surface area contributed by atoms with E-state index in [1.807, 2.05) is 36.4 Å². The molecule has 0 aliphatic heterocycles. The van der Waals surface area contributed by atoms with Gasteiger partial charge in [0.05, 0.1) is 6.16 Å². The Balaban J connectivity index is 1.74. The number of hydrogen-bond acceptors (Lipinski definition) is 3. The number of aryl methyl sites for hydroxylation is 2.